The van der Waals surface area contributed by atoms with Crippen LogP contribution in [-0.4, -0.2) is 16.8 Å². The molecular weight excluding hydrogens is 250 g/mol. The Morgan fingerprint density at radius 3 is 2.60 bits per heavy atom. The third-order valence-corrected chi connectivity index (χ3v) is 3.25. The number of aryl methyl sites for hydroxylation is 2. The molecule has 0 aliphatic rings. The van der Waals surface area contributed by atoms with E-state index in [9.17, 15) is 0 Å². The molecule has 2 aromatic rings. The first kappa shape index (κ1) is 14.5. The molecule has 0 radical (unpaired) electrons. The van der Waals surface area contributed by atoms with Crippen LogP contribution in [-0.2, 0) is 6.42 Å². The van der Waals surface area contributed by atoms with Crippen LogP contribution in [0.25, 0.3) is 0 Å². The minimum absolute atomic E-state index is 0.248. The summed E-state index contributed by atoms with van der Waals surface area (Å²) in [4.78, 5) is 0. The lowest BCUT2D eigenvalue weighted by Crippen LogP contribution is -2.17. The summed E-state index contributed by atoms with van der Waals surface area (Å²) in [5, 5.41) is 8.36. The fraction of sp³-hybridized carbons (Fsp3) is 0.375. The lowest BCUT2D eigenvalue weighted by atomic mass is 9.96. The Labute approximate surface area is 120 Å². The van der Waals surface area contributed by atoms with Crippen LogP contribution in [0.4, 0.5) is 0 Å². The van der Waals surface area contributed by atoms with Crippen LogP contribution in [0.2, 0.25) is 0 Å². The monoisotopic (exact) mass is 271 g/mol. The number of rotatable bonds is 5. The van der Waals surface area contributed by atoms with Crippen molar-refractivity contribution in [1.29, 1.82) is 0 Å². The second-order valence-electron chi connectivity index (χ2n) is 4.69. The first-order valence-corrected chi connectivity index (χ1v) is 6.97. The molecule has 2 rings (SSSR count). The number of para-hydroxylation sites is 1. The Balaban J connectivity index is 2.45. The van der Waals surface area contributed by atoms with Gasteiger partial charge >= 0.3 is 0 Å². The summed E-state index contributed by atoms with van der Waals surface area (Å²) in [7, 11) is 0. The topological polar surface area (TPSA) is 61.0 Å². The fourth-order valence-electron chi connectivity index (χ4n) is 2.27. The fourth-order valence-corrected chi connectivity index (χ4v) is 2.27. The van der Waals surface area contributed by atoms with E-state index in [2.05, 4.69) is 17.1 Å². The van der Waals surface area contributed by atoms with Crippen molar-refractivity contribution < 1.29 is 4.74 Å². The van der Waals surface area contributed by atoms with Gasteiger partial charge in [-0.15, -0.1) is 0 Å². The van der Waals surface area contributed by atoms with E-state index in [1.165, 1.54) is 0 Å². The van der Waals surface area contributed by atoms with Gasteiger partial charge < -0.3 is 10.5 Å². The molecule has 1 heterocycles. The summed E-state index contributed by atoms with van der Waals surface area (Å²) < 4.78 is 5.67. The number of hydrogen-bond donors (Lipinski definition) is 1. The van der Waals surface area contributed by atoms with Crippen molar-refractivity contribution in [3.05, 3.63) is 52.8 Å². The van der Waals surface area contributed by atoms with E-state index in [0.717, 1.165) is 34.7 Å². The number of aromatic nitrogens is 2. The van der Waals surface area contributed by atoms with E-state index in [1.807, 2.05) is 44.2 Å². The molecule has 4 heteroatoms. The summed E-state index contributed by atoms with van der Waals surface area (Å²) in [6.07, 6.45) is 0.813. The third-order valence-electron chi connectivity index (χ3n) is 3.25. The highest BCUT2D eigenvalue weighted by molar-refractivity contribution is 5.42. The quantitative estimate of drug-likeness (QED) is 0.908. The van der Waals surface area contributed by atoms with E-state index < -0.39 is 0 Å². The smallest absolute Gasteiger partial charge is 0.124 e. The van der Waals surface area contributed by atoms with Crippen LogP contribution >= 0.6 is 0 Å². The second kappa shape index (κ2) is 6.48. The lowest BCUT2D eigenvalue weighted by molar-refractivity contribution is 0.335. The zero-order valence-corrected chi connectivity index (χ0v) is 12.3. The molecule has 0 saturated heterocycles. The summed E-state index contributed by atoms with van der Waals surface area (Å²) in [5.41, 5.74) is 10.3. The van der Waals surface area contributed by atoms with E-state index in [0.29, 0.717) is 6.61 Å². The van der Waals surface area contributed by atoms with Gasteiger partial charge in [0.05, 0.1) is 24.0 Å². The van der Waals surface area contributed by atoms with Gasteiger partial charge in [-0.3, -0.25) is 0 Å². The molecule has 106 valence electrons. The van der Waals surface area contributed by atoms with Crippen LogP contribution in [0.1, 0.15) is 42.4 Å². The summed E-state index contributed by atoms with van der Waals surface area (Å²) in [6, 6.07) is 9.65. The number of ether oxygens (including phenoxy) is 1. The van der Waals surface area contributed by atoms with Gasteiger partial charge in [0.25, 0.3) is 0 Å². The SMILES string of the molecule is CCOc1ccccc1C(N)c1cc(C)nnc1CC. The van der Waals surface area contributed by atoms with Gasteiger partial charge in [0.2, 0.25) is 0 Å². The Kier molecular flexibility index (Phi) is 4.69. The van der Waals surface area contributed by atoms with Crippen molar-refractivity contribution in [2.45, 2.75) is 33.2 Å². The number of hydrogen-bond acceptors (Lipinski definition) is 4. The Hall–Kier alpha value is -1.94. The normalized spacial score (nSPS) is 12.2. The van der Waals surface area contributed by atoms with Crippen molar-refractivity contribution in [3.63, 3.8) is 0 Å². The molecular formula is C16H21N3O. The molecule has 1 unspecified atom stereocenters. The Bertz CT molecular complexity index is 584. The molecule has 0 aliphatic heterocycles. The second-order valence-corrected chi connectivity index (χ2v) is 4.69. The van der Waals surface area contributed by atoms with E-state index in [4.69, 9.17) is 10.5 Å². The maximum atomic E-state index is 6.44. The molecule has 0 saturated carbocycles. The van der Waals surface area contributed by atoms with E-state index >= 15 is 0 Å². The van der Waals surface area contributed by atoms with Crippen LogP contribution in [0.3, 0.4) is 0 Å². The van der Waals surface area contributed by atoms with Crippen LogP contribution in [0.5, 0.6) is 5.75 Å². The molecule has 4 nitrogen and oxygen atoms in total. The standard InChI is InChI=1S/C16H21N3O/c1-4-14-13(10-11(3)18-19-14)16(17)12-8-6-7-9-15(12)20-5-2/h6-10,16H,4-5,17H2,1-3H3. The van der Waals surface area contributed by atoms with Gasteiger partial charge in [-0.2, -0.15) is 10.2 Å². The third kappa shape index (κ3) is 2.96. The molecule has 1 atom stereocenters. The zero-order chi connectivity index (χ0) is 14.5. The molecule has 0 aliphatic carbocycles. The molecule has 20 heavy (non-hydrogen) atoms. The van der Waals surface area contributed by atoms with E-state index in [1.54, 1.807) is 0 Å². The van der Waals surface area contributed by atoms with Gasteiger partial charge in [-0.25, -0.2) is 0 Å². The Morgan fingerprint density at radius 2 is 1.90 bits per heavy atom. The molecule has 1 aromatic heterocycles. The Morgan fingerprint density at radius 1 is 1.15 bits per heavy atom. The highest BCUT2D eigenvalue weighted by atomic mass is 16.5. The molecule has 0 bridgehead atoms. The zero-order valence-electron chi connectivity index (χ0n) is 12.3. The molecule has 2 N–H and O–H groups in total. The maximum Gasteiger partial charge on any atom is 0.124 e. The lowest BCUT2D eigenvalue weighted by Gasteiger charge is -2.18. The first-order chi connectivity index (χ1) is 9.67. The van der Waals surface area contributed by atoms with Crippen molar-refractivity contribution in [2.24, 2.45) is 5.73 Å². The largest absolute Gasteiger partial charge is 0.494 e. The van der Waals surface area contributed by atoms with Crippen LogP contribution < -0.4 is 10.5 Å². The number of nitrogens with two attached hydrogens (primary N) is 1. The molecule has 0 spiro atoms. The predicted octanol–water partition coefficient (Wildman–Crippen LogP) is 2.79. The first-order valence-electron chi connectivity index (χ1n) is 6.97. The highest BCUT2D eigenvalue weighted by Gasteiger charge is 2.18. The summed E-state index contributed by atoms with van der Waals surface area (Å²) in [6.45, 7) is 6.58. The van der Waals surface area contributed by atoms with Gasteiger partial charge in [0.15, 0.2) is 0 Å². The molecule has 1 aromatic carbocycles. The average Bonchev–Trinajstić information content (AvgIpc) is 2.47. The van der Waals surface area contributed by atoms with Crippen LogP contribution in [0, 0.1) is 6.92 Å². The van der Waals surface area contributed by atoms with Gasteiger partial charge in [-0.1, -0.05) is 25.1 Å². The van der Waals surface area contributed by atoms with Gasteiger partial charge in [0, 0.05) is 5.56 Å². The van der Waals surface area contributed by atoms with Gasteiger partial charge in [-0.05, 0) is 38.0 Å². The van der Waals surface area contributed by atoms with Crippen LogP contribution in [0.15, 0.2) is 30.3 Å². The average molecular weight is 271 g/mol. The van der Waals surface area contributed by atoms with Crippen molar-refractivity contribution in [2.75, 3.05) is 6.61 Å². The minimum atomic E-state index is -0.248. The molecule has 0 amide bonds. The maximum absolute atomic E-state index is 6.44. The molecule has 0 fully saturated rings. The predicted molar refractivity (Wildman–Crippen MR) is 79.8 cm³/mol. The number of nitrogens with zero attached hydrogens (tertiary/aromatic N) is 2. The number of benzene rings is 1. The van der Waals surface area contributed by atoms with Crippen molar-refractivity contribution >= 4 is 0 Å². The highest BCUT2D eigenvalue weighted by Crippen LogP contribution is 2.29. The summed E-state index contributed by atoms with van der Waals surface area (Å²) >= 11 is 0. The van der Waals surface area contributed by atoms with Crippen molar-refractivity contribution in [3.8, 4) is 5.75 Å². The van der Waals surface area contributed by atoms with E-state index in [-0.39, 0.29) is 6.04 Å². The van der Waals surface area contributed by atoms with Gasteiger partial charge in [0.1, 0.15) is 5.75 Å². The minimum Gasteiger partial charge on any atom is -0.494 e. The summed E-state index contributed by atoms with van der Waals surface area (Å²) in [5.74, 6) is 0.832. The van der Waals surface area contributed by atoms with Crippen molar-refractivity contribution in [1.82, 2.24) is 10.2 Å².